The lowest BCUT2D eigenvalue weighted by molar-refractivity contribution is -0.135. The Morgan fingerprint density at radius 1 is 1.31 bits per heavy atom. The smallest absolute Gasteiger partial charge is 0.250 e. The number of morpholine rings is 1. The second-order valence-corrected chi connectivity index (χ2v) is 4.68. The Kier molecular flexibility index (Phi) is 4.15. The maximum absolute atomic E-state index is 11.8. The highest BCUT2D eigenvalue weighted by atomic mass is 16.5. The average molecular weight is 227 g/mol. The van der Waals surface area contributed by atoms with Crippen LogP contribution in [0.5, 0.6) is 0 Å². The van der Waals surface area contributed by atoms with Crippen molar-refractivity contribution in [2.45, 2.75) is 43.9 Å². The zero-order valence-electron chi connectivity index (χ0n) is 9.58. The maximum Gasteiger partial charge on any atom is 0.250 e. The van der Waals surface area contributed by atoms with Crippen molar-refractivity contribution >= 4 is 5.91 Å². The van der Waals surface area contributed by atoms with Gasteiger partial charge in [-0.1, -0.05) is 0 Å². The molecule has 1 saturated carbocycles. The number of amides is 1. The largest absolute Gasteiger partial charge is 0.366 e. The van der Waals surface area contributed by atoms with Crippen molar-refractivity contribution in [3.63, 3.8) is 0 Å². The molecule has 0 radical (unpaired) electrons. The van der Waals surface area contributed by atoms with Crippen LogP contribution >= 0.6 is 0 Å². The van der Waals surface area contributed by atoms with E-state index in [0.29, 0.717) is 19.2 Å². The third kappa shape index (κ3) is 3.17. The SMILES string of the molecule is NC1CCC(NC(=O)C2CNCCO2)CC1. The van der Waals surface area contributed by atoms with Crippen LogP contribution in [0.4, 0.5) is 0 Å². The Labute approximate surface area is 96.1 Å². The number of hydrogen-bond donors (Lipinski definition) is 3. The molecule has 4 N–H and O–H groups in total. The maximum atomic E-state index is 11.8. The minimum Gasteiger partial charge on any atom is -0.366 e. The molecule has 1 aliphatic heterocycles. The number of hydrogen-bond acceptors (Lipinski definition) is 4. The highest BCUT2D eigenvalue weighted by Crippen LogP contribution is 2.17. The van der Waals surface area contributed by atoms with Gasteiger partial charge < -0.3 is 21.1 Å². The van der Waals surface area contributed by atoms with Gasteiger partial charge in [-0.3, -0.25) is 4.79 Å². The Morgan fingerprint density at radius 3 is 2.69 bits per heavy atom. The lowest BCUT2D eigenvalue weighted by Gasteiger charge is -2.29. The van der Waals surface area contributed by atoms with Crippen molar-refractivity contribution in [1.29, 1.82) is 0 Å². The van der Waals surface area contributed by atoms with Crippen LogP contribution in [0.15, 0.2) is 0 Å². The number of nitrogens with one attached hydrogen (secondary N) is 2. The molecule has 1 unspecified atom stereocenters. The molecule has 16 heavy (non-hydrogen) atoms. The van der Waals surface area contributed by atoms with Gasteiger partial charge in [-0.25, -0.2) is 0 Å². The summed E-state index contributed by atoms with van der Waals surface area (Å²) in [6, 6.07) is 0.610. The summed E-state index contributed by atoms with van der Waals surface area (Å²) in [5.41, 5.74) is 5.82. The van der Waals surface area contributed by atoms with Crippen LogP contribution in [0.25, 0.3) is 0 Å². The first kappa shape index (κ1) is 11.8. The highest BCUT2D eigenvalue weighted by Gasteiger charge is 2.25. The zero-order valence-corrected chi connectivity index (χ0v) is 9.58. The van der Waals surface area contributed by atoms with Crippen LogP contribution in [-0.2, 0) is 9.53 Å². The topological polar surface area (TPSA) is 76.4 Å². The number of nitrogens with two attached hydrogens (primary N) is 1. The van der Waals surface area contributed by atoms with Crippen LogP contribution < -0.4 is 16.4 Å². The van der Waals surface area contributed by atoms with Gasteiger partial charge in [0.25, 0.3) is 5.91 Å². The standard InChI is InChI=1S/C11H21N3O2/c12-8-1-3-9(4-2-8)14-11(15)10-7-13-5-6-16-10/h8-10,13H,1-7,12H2,(H,14,15). The van der Waals surface area contributed by atoms with Gasteiger partial charge in [0, 0.05) is 25.2 Å². The molecule has 0 aromatic carbocycles. The van der Waals surface area contributed by atoms with E-state index in [-0.39, 0.29) is 18.1 Å². The normalized spacial score (nSPS) is 35.7. The van der Waals surface area contributed by atoms with Crippen molar-refractivity contribution in [3.05, 3.63) is 0 Å². The molecule has 1 amide bonds. The van der Waals surface area contributed by atoms with Crippen molar-refractivity contribution in [2.75, 3.05) is 19.7 Å². The predicted octanol–water partition coefficient (Wildman–Crippen LogP) is -0.639. The summed E-state index contributed by atoms with van der Waals surface area (Å²) < 4.78 is 5.40. The monoisotopic (exact) mass is 227 g/mol. The third-order valence-electron chi connectivity index (χ3n) is 3.34. The molecule has 0 spiro atoms. The Morgan fingerprint density at radius 2 is 2.06 bits per heavy atom. The minimum absolute atomic E-state index is 0.0210. The second kappa shape index (κ2) is 5.61. The fourth-order valence-corrected chi connectivity index (χ4v) is 2.29. The van der Waals surface area contributed by atoms with Crippen molar-refractivity contribution < 1.29 is 9.53 Å². The summed E-state index contributed by atoms with van der Waals surface area (Å²) in [4.78, 5) is 11.8. The molecule has 0 bridgehead atoms. The average Bonchev–Trinajstić information content (AvgIpc) is 2.33. The van der Waals surface area contributed by atoms with Crippen molar-refractivity contribution in [1.82, 2.24) is 10.6 Å². The van der Waals surface area contributed by atoms with Gasteiger partial charge in [-0.2, -0.15) is 0 Å². The van der Waals surface area contributed by atoms with Crippen LogP contribution in [0, 0.1) is 0 Å². The first-order chi connectivity index (χ1) is 7.75. The highest BCUT2D eigenvalue weighted by molar-refractivity contribution is 5.81. The molecule has 1 aliphatic carbocycles. The van der Waals surface area contributed by atoms with Gasteiger partial charge in [-0.05, 0) is 25.7 Å². The van der Waals surface area contributed by atoms with E-state index in [9.17, 15) is 4.79 Å². The summed E-state index contributed by atoms with van der Waals surface area (Å²) >= 11 is 0. The van der Waals surface area contributed by atoms with E-state index in [1.165, 1.54) is 0 Å². The van der Waals surface area contributed by atoms with Gasteiger partial charge >= 0.3 is 0 Å². The molecular formula is C11H21N3O2. The number of rotatable bonds is 2. The fourth-order valence-electron chi connectivity index (χ4n) is 2.29. The lowest BCUT2D eigenvalue weighted by Crippen LogP contribution is -2.51. The summed E-state index contributed by atoms with van der Waals surface area (Å²) in [5.74, 6) is 0.0210. The van der Waals surface area contributed by atoms with E-state index in [1.807, 2.05) is 0 Å². The number of carbonyl (C=O) groups excluding carboxylic acids is 1. The predicted molar refractivity (Wildman–Crippen MR) is 61.0 cm³/mol. The zero-order chi connectivity index (χ0) is 11.4. The van der Waals surface area contributed by atoms with Gasteiger partial charge in [0.2, 0.25) is 0 Å². The molecule has 2 rings (SSSR count). The molecule has 2 aliphatic rings. The van der Waals surface area contributed by atoms with Crippen LogP contribution in [0.1, 0.15) is 25.7 Å². The van der Waals surface area contributed by atoms with Crippen LogP contribution in [0.2, 0.25) is 0 Å². The molecule has 1 heterocycles. The number of ether oxygens (including phenoxy) is 1. The molecule has 0 aromatic heterocycles. The van der Waals surface area contributed by atoms with E-state index in [1.54, 1.807) is 0 Å². The fraction of sp³-hybridized carbons (Fsp3) is 0.909. The minimum atomic E-state index is -0.315. The lowest BCUT2D eigenvalue weighted by atomic mass is 9.92. The van der Waals surface area contributed by atoms with Gasteiger partial charge in [0.05, 0.1) is 6.61 Å². The summed E-state index contributed by atoms with van der Waals surface area (Å²) in [6.45, 7) is 2.08. The first-order valence-corrected chi connectivity index (χ1v) is 6.14. The molecule has 1 saturated heterocycles. The Bertz CT molecular complexity index is 233. The summed E-state index contributed by atoms with van der Waals surface area (Å²) in [7, 11) is 0. The summed E-state index contributed by atoms with van der Waals surface area (Å²) in [6.07, 6.45) is 3.69. The number of carbonyl (C=O) groups is 1. The quantitative estimate of drug-likeness (QED) is 0.586. The van der Waals surface area contributed by atoms with E-state index < -0.39 is 0 Å². The molecule has 0 aromatic rings. The van der Waals surface area contributed by atoms with Gasteiger partial charge in [0.1, 0.15) is 6.10 Å². The Hall–Kier alpha value is -0.650. The Balaban J connectivity index is 1.73. The molecule has 92 valence electrons. The van der Waals surface area contributed by atoms with Crippen molar-refractivity contribution in [2.24, 2.45) is 5.73 Å². The van der Waals surface area contributed by atoms with E-state index in [0.717, 1.165) is 32.2 Å². The molecule has 2 fully saturated rings. The van der Waals surface area contributed by atoms with E-state index in [2.05, 4.69) is 10.6 Å². The van der Waals surface area contributed by atoms with Crippen LogP contribution in [0.3, 0.4) is 0 Å². The third-order valence-corrected chi connectivity index (χ3v) is 3.34. The van der Waals surface area contributed by atoms with E-state index >= 15 is 0 Å². The van der Waals surface area contributed by atoms with Crippen molar-refractivity contribution in [3.8, 4) is 0 Å². The molecular weight excluding hydrogens is 206 g/mol. The van der Waals surface area contributed by atoms with E-state index in [4.69, 9.17) is 10.5 Å². The van der Waals surface area contributed by atoms with Gasteiger partial charge in [-0.15, -0.1) is 0 Å². The molecule has 5 nitrogen and oxygen atoms in total. The molecule has 5 heteroatoms. The van der Waals surface area contributed by atoms with Crippen LogP contribution in [-0.4, -0.2) is 43.8 Å². The second-order valence-electron chi connectivity index (χ2n) is 4.68. The first-order valence-electron chi connectivity index (χ1n) is 6.14. The molecule has 1 atom stereocenters. The van der Waals surface area contributed by atoms with Gasteiger partial charge in [0.15, 0.2) is 0 Å². The summed E-state index contributed by atoms with van der Waals surface area (Å²) in [5, 5.41) is 6.20.